The van der Waals surface area contributed by atoms with E-state index in [4.69, 9.17) is 21.4 Å². The number of nitrogens with zero attached hydrogens (tertiary/aromatic N) is 2. The second kappa shape index (κ2) is 9.95. The lowest BCUT2D eigenvalue weighted by molar-refractivity contribution is 0.0601. The molecule has 0 amide bonds. The van der Waals surface area contributed by atoms with Gasteiger partial charge in [0.2, 0.25) is 0 Å². The van der Waals surface area contributed by atoms with Gasteiger partial charge in [0.15, 0.2) is 5.11 Å². The van der Waals surface area contributed by atoms with Crippen molar-refractivity contribution in [1.29, 1.82) is 0 Å². The Morgan fingerprint density at radius 3 is 2.47 bits per heavy atom. The number of anilines is 1. The van der Waals surface area contributed by atoms with Crippen LogP contribution in [-0.2, 0) is 4.74 Å². The van der Waals surface area contributed by atoms with Crippen molar-refractivity contribution in [1.82, 2.24) is 10.3 Å². The molecule has 4 aromatic rings. The first-order valence-electron chi connectivity index (χ1n) is 11.9. The predicted molar refractivity (Wildman–Crippen MR) is 144 cm³/mol. The Bertz CT molecular complexity index is 1380. The van der Waals surface area contributed by atoms with Gasteiger partial charge in [0.05, 0.1) is 24.4 Å². The molecule has 2 aromatic heterocycles. The van der Waals surface area contributed by atoms with Crippen LogP contribution in [0.3, 0.4) is 0 Å². The molecule has 1 saturated heterocycles. The van der Waals surface area contributed by atoms with Gasteiger partial charge in [-0.05, 0) is 66.2 Å². The number of carbonyl (C=O) groups is 1. The third-order valence-electron chi connectivity index (χ3n) is 6.45. The van der Waals surface area contributed by atoms with Crippen LogP contribution in [0, 0.1) is 0 Å². The van der Waals surface area contributed by atoms with E-state index in [9.17, 15) is 4.79 Å². The number of rotatable bonds is 6. The Kier molecular flexibility index (Phi) is 6.57. The van der Waals surface area contributed by atoms with E-state index in [1.807, 2.05) is 42.5 Å². The van der Waals surface area contributed by atoms with Crippen LogP contribution in [0.5, 0.6) is 0 Å². The average molecular weight is 498 g/mol. The first-order valence-corrected chi connectivity index (χ1v) is 12.3. The van der Waals surface area contributed by atoms with Crippen LogP contribution in [0.4, 0.5) is 5.69 Å². The van der Waals surface area contributed by atoms with Gasteiger partial charge in [0, 0.05) is 17.4 Å². The van der Waals surface area contributed by atoms with Crippen LogP contribution in [0.1, 0.15) is 59.2 Å². The topological polar surface area (TPSA) is 67.6 Å². The van der Waals surface area contributed by atoms with E-state index >= 15 is 0 Å². The molecule has 0 radical (unpaired) electrons. The Labute approximate surface area is 215 Å². The lowest BCUT2D eigenvalue weighted by atomic mass is 10.0. The fraction of sp³-hybridized carbons (Fsp3) is 0.207. The van der Waals surface area contributed by atoms with Crippen molar-refractivity contribution in [2.45, 2.75) is 31.8 Å². The van der Waals surface area contributed by atoms with Crippen molar-refractivity contribution in [3.63, 3.8) is 0 Å². The van der Waals surface area contributed by atoms with Crippen molar-refractivity contribution < 1.29 is 13.9 Å². The van der Waals surface area contributed by atoms with Crippen molar-refractivity contribution >= 4 is 29.0 Å². The van der Waals surface area contributed by atoms with Crippen molar-refractivity contribution in [2.24, 2.45) is 0 Å². The molecule has 7 heteroatoms. The number of hydrogen-bond acceptors (Lipinski definition) is 5. The fourth-order valence-corrected chi connectivity index (χ4v) is 4.93. The number of methoxy groups -OCH3 is 1. The lowest BCUT2D eigenvalue weighted by Crippen LogP contribution is -2.29. The van der Waals surface area contributed by atoms with E-state index in [2.05, 4.69) is 53.3 Å². The largest absolute Gasteiger partial charge is 0.465 e. The zero-order valence-corrected chi connectivity index (χ0v) is 21.2. The number of nitrogens with one attached hydrogen (secondary N) is 1. The maximum atomic E-state index is 12.4. The molecule has 3 heterocycles. The summed E-state index contributed by atoms with van der Waals surface area (Å²) in [6.45, 7) is 4.35. The molecule has 0 aliphatic carbocycles. The monoisotopic (exact) mass is 497 g/mol. The highest BCUT2D eigenvalue weighted by Crippen LogP contribution is 2.43. The minimum absolute atomic E-state index is 0.224. The van der Waals surface area contributed by atoms with E-state index in [1.54, 1.807) is 18.3 Å². The van der Waals surface area contributed by atoms with Crippen molar-refractivity contribution in [2.75, 3.05) is 12.0 Å². The van der Waals surface area contributed by atoms with Crippen LogP contribution < -0.4 is 10.2 Å². The van der Waals surface area contributed by atoms with Gasteiger partial charge in [-0.15, -0.1) is 0 Å². The molecule has 1 aliphatic rings. The second-order valence-electron chi connectivity index (χ2n) is 8.98. The molecule has 2 aromatic carbocycles. The average Bonchev–Trinajstić information content (AvgIpc) is 3.53. The zero-order chi connectivity index (χ0) is 25.2. The normalized spacial score (nSPS) is 17.3. The second-order valence-corrected chi connectivity index (χ2v) is 9.37. The smallest absolute Gasteiger partial charge is 0.338 e. The molecular formula is C29H27N3O3S. The van der Waals surface area contributed by atoms with Gasteiger partial charge in [0.25, 0.3) is 0 Å². The number of pyridine rings is 1. The predicted octanol–water partition coefficient (Wildman–Crippen LogP) is 6.43. The van der Waals surface area contributed by atoms with Gasteiger partial charge in [-0.2, -0.15) is 0 Å². The van der Waals surface area contributed by atoms with Gasteiger partial charge in [-0.3, -0.25) is 4.98 Å². The molecule has 0 saturated carbocycles. The highest BCUT2D eigenvalue weighted by atomic mass is 32.1. The van der Waals surface area contributed by atoms with E-state index < -0.39 is 5.97 Å². The summed E-state index contributed by atoms with van der Waals surface area (Å²) >= 11 is 5.82. The molecular weight excluding hydrogens is 470 g/mol. The van der Waals surface area contributed by atoms with Crippen LogP contribution in [0.2, 0.25) is 0 Å². The molecule has 5 rings (SSSR count). The summed E-state index contributed by atoms with van der Waals surface area (Å²) in [6.07, 6.45) is 1.78. The summed E-state index contributed by atoms with van der Waals surface area (Å²) in [5.41, 5.74) is 4.20. The highest BCUT2D eigenvalue weighted by Gasteiger charge is 2.42. The molecule has 1 fully saturated rings. The third-order valence-corrected chi connectivity index (χ3v) is 6.77. The summed E-state index contributed by atoms with van der Waals surface area (Å²) in [4.78, 5) is 19.0. The maximum Gasteiger partial charge on any atom is 0.338 e. The SMILES string of the molecule is COC(=O)c1ccccc1-c1ccc([C@H]2[C@H](c3ccccn3)NC(=S)N2c2ccc(C(C)C)cc2)o1. The number of esters is 1. The minimum Gasteiger partial charge on any atom is -0.465 e. The number of furan rings is 1. The number of carbonyl (C=O) groups excluding carboxylic acids is 1. The molecule has 0 bridgehead atoms. The van der Waals surface area contributed by atoms with Crippen molar-refractivity contribution in [3.05, 3.63) is 108 Å². The molecule has 1 aliphatic heterocycles. The number of hydrogen-bond donors (Lipinski definition) is 1. The standard InChI is InChI=1S/C29H27N3O3S/c1-18(2)19-11-13-20(14-12-19)32-27(26(31-29(32)36)23-10-6-7-17-30-23)25-16-15-24(35-25)21-8-4-5-9-22(21)28(33)34-3/h4-18,26-27H,1-3H3,(H,31,36)/t26-,27-/m0/s1. The summed E-state index contributed by atoms with van der Waals surface area (Å²) in [5.74, 6) is 1.31. The van der Waals surface area contributed by atoms with Gasteiger partial charge in [0.1, 0.15) is 17.6 Å². The van der Waals surface area contributed by atoms with E-state index in [0.717, 1.165) is 11.4 Å². The first kappa shape index (κ1) is 23.8. The molecule has 0 unspecified atom stereocenters. The van der Waals surface area contributed by atoms with Crippen LogP contribution in [0.25, 0.3) is 11.3 Å². The molecule has 1 N–H and O–H groups in total. The van der Waals surface area contributed by atoms with Gasteiger partial charge in [-0.1, -0.05) is 50.2 Å². The molecule has 0 spiro atoms. The third kappa shape index (κ3) is 4.38. The first-order chi connectivity index (χ1) is 17.5. The number of benzene rings is 2. The van der Waals surface area contributed by atoms with Crippen LogP contribution >= 0.6 is 12.2 Å². The van der Waals surface area contributed by atoms with Gasteiger partial charge >= 0.3 is 5.97 Å². The summed E-state index contributed by atoms with van der Waals surface area (Å²) in [7, 11) is 1.37. The fourth-order valence-electron chi connectivity index (χ4n) is 4.58. The Morgan fingerprint density at radius 1 is 1.03 bits per heavy atom. The van der Waals surface area contributed by atoms with E-state index in [-0.39, 0.29) is 12.1 Å². The van der Waals surface area contributed by atoms with Crippen molar-refractivity contribution in [3.8, 4) is 11.3 Å². The summed E-state index contributed by atoms with van der Waals surface area (Å²) in [6, 6.07) is 24.9. The zero-order valence-electron chi connectivity index (χ0n) is 20.3. The van der Waals surface area contributed by atoms with Crippen LogP contribution in [0.15, 0.2) is 89.5 Å². The Balaban J connectivity index is 1.59. The highest BCUT2D eigenvalue weighted by molar-refractivity contribution is 7.80. The Morgan fingerprint density at radius 2 is 1.78 bits per heavy atom. The quantitative estimate of drug-likeness (QED) is 0.243. The van der Waals surface area contributed by atoms with Crippen LogP contribution in [-0.4, -0.2) is 23.2 Å². The lowest BCUT2D eigenvalue weighted by Gasteiger charge is -2.26. The van der Waals surface area contributed by atoms with Gasteiger partial charge < -0.3 is 19.4 Å². The maximum absolute atomic E-state index is 12.4. The summed E-state index contributed by atoms with van der Waals surface area (Å²) < 4.78 is 11.4. The Hall–Kier alpha value is -3.97. The molecule has 6 nitrogen and oxygen atoms in total. The molecule has 182 valence electrons. The molecule has 2 atom stereocenters. The van der Waals surface area contributed by atoms with E-state index in [1.165, 1.54) is 12.7 Å². The number of thiocarbonyl (C=S) groups is 1. The number of ether oxygens (including phenoxy) is 1. The molecule has 36 heavy (non-hydrogen) atoms. The van der Waals surface area contributed by atoms with E-state index in [0.29, 0.717) is 33.7 Å². The van der Waals surface area contributed by atoms with Gasteiger partial charge in [-0.25, -0.2) is 4.79 Å². The summed E-state index contributed by atoms with van der Waals surface area (Å²) in [5, 5.41) is 4.05. The minimum atomic E-state index is -0.412. The number of aromatic nitrogens is 1.